The molecule has 0 radical (unpaired) electrons. The Morgan fingerprint density at radius 1 is 1.33 bits per heavy atom. The van der Waals surface area contributed by atoms with Crippen LogP contribution in [0.1, 0.15) is 36.2 Å². The Bertz CT molecular complexity index is 613. The van der Waals surface area contributed by atoms with Crippen LogP contribution in [0.2, 0.25) is 0 Å². The lowest BCUT2D eigenvalue weighted by molar-refractivity contribution is 0.350. The fourth-order valence-electron chi connectivity index (χ4n) is 2.69. The standard InChI is InChI=1S/C17H19BrN2O/c1-2-9-19-16(15-7-6-13(18)11-20-15)14-5-3-4-12-8-10-21-17(12)14/h3-7,11,16,19H,2,8-10H2,1H3. The Balaban J connectivity index is 1.99. The summed E-state index contributed by atoms with van der Waals surface area (Å²) in [6.07, 6.45) is 3.93. The molecular weight excluding hydrogens is 328 g/mol. The van der Waals surface area contributed by atoms with Gasteiger partial charge in [0.05, 0.1) is 18.3 Å². The molecule has 1 aliphatic rings. The third-order valence-electron chi connectivity index (χ3n) is 3.70. The zero-order valence-corrected chi connectivity index (χ0v) is 13.7. The van der Waals surface area contributed by atoms with E-state index < -0.39 is 0 Å². The van der Waals surface area contributed by atoms with Crippen molar-refractivity contribution in [2.75, 3.05) is 13.2 Å². The number of ether oxygens (including phenoxy) is 1. The molecule has 2 aromatic rings. The lowest BCUT2D eigenvalue weighted by Gasteiger charge is -2.21. The van der Waals surface area contributed by atoms with Crippen molar-refractivity contribution >= 4 is 15.9 Å². The van der Waals surface area contributed by atoms with E-state index in [2.05, 4.69) is 57.4 Å². The van der Waals surface area contributed by atoms with Crippen molar-refractivity contribution in [3.05, 3.63) is 57.8 Å². The van der Waals surface area contributed by atoms with Gasteiger partial charge in [0.25, 0.3) is 0 Å². The highest BCUT2D eigenvalue weighted by Gasteiger charge is 2.23. The molecule has 3 rings (SSSR count). The van der Waals surface area contributed by atoms with Crippen LogP contribution >= 0.6 is 15.9 Å². The van der Waals surface area contributed by atoms with Crippen molar-refractivity contribution in [2.24, 2.45) is 0 Å². The van der Waals surface area contributed by atoms with Crippen LogP contribution in [-0.4, -0.2) is 18.1 Å². The van der Waals surface area contributed by atoms with Crippen LogP contribution in [0.5, 0.6) is 5.75 Å². The van der Waals surface area contributed by atoms with E-state index in [4.69, 9.17) is 4.74 Å². The van der Waals surface area contributed by atoms with E-state index in [1.165, 1.54) is 11.1 Å². The Hall–Kier alpha value is -1.39. The van der Waals surface area contributed by atoms with Crippen molar-refractivity contribution < 1.29 is 4.74 Å². The Morgan fingerprint density at radius 3 is 3.00 bits per heavy atom. The number of aromatic nitrogens is 1. The number of rotatable bonds is 5. The van der Waals surface area contributed by atoms with E-state index >= 15 is 0 Å². The fourth-order valence-corrected chi connectivity index (χ4v) is 2.92. The molecule has 0 saturated carbocycles. The second kappa shape index (κ2) is 6.58. The van der Waals surface area contributed by atoms with E-state index in [0.29, 0.717) is 0 Å². The second-order valence-corrected chi connectivity index (χ2v) is 6.14. The largest absolute Gasteiger partial charge is 0.493 e. The summed E-state index contributed by atoms with van der Waals surface area (Å²) in [7, 11) is 0. The average Bonchev–Trinajstić information content (AvgIpc) is 2.98. The van der Waals surface area contributed by atoms with E-state index in [9.17, 15) is 0 Å². The molecule has 1 N–H and O–H groups in total. The van der Waals surface area contributed by atoms with Crippen LogP contribution in [0.3, 0.4) is 0 Å². The number of halogens is 1. The zero-order chi connectivity index (χ0) is 14.7. The third kappa shape index (κ3) is 3.11. The molecule has 0 saturated heterocycles. The number of pyridine rings is 1. The van der Waals surface area contributed by atoms with Crippen molar-refractivity contribution in [3.63, 3.8) is 0 Å². The smallest absolute Gasteiger partial charge is 0.127 e. The van der Waals surface area contributed by atoms with E-state index in [-0.39, 0.29) is 6.04 Å². The summed E-state index contributed by atoms with van der Waals surface area (Å²) in [6, 6.07) is 10.6. The summed E-state index contributed by atoms with van der Waals surface area (Å²) in [5, 5.41) is 3.59. The van der Waals surface area contributed by atoms with Gasteiger partial charge >= 0.3 is 0 Å². The van der Waals surface area contributed by atoms with Crippen molar-refractivity contribution in [3.8, 4) is 5.75 Å². The number of fused-ring (bicyclic) bond motifs is 1. The minimum absolute atomic E-state index is 0.0751. The molecule has 1 aromatic carbocycles. The van der Waals surface area contributed by atoms with Crippen molar-refractivity contribution in [1.82, 2.24) is 10.3 Å². The Kier molecular flexibility index (Phi) is 4.56. The summed E-state index contributed by atoms with van der Waals surface area (Å²) in [5.41, 5.74) is 3.51. The quantitative estimate of drug-likeness (QED) is 0.892. The Morgan fingerprint density at radius 2 is 2.24 bits per heavy atom. The maximum absolute atomic E-state index is 5.86. The molecule has 3 nitrogen and oxygen atoms in total. The molecule has 0 aliphatic carbocycles. The first-order valence-corrected chi connectivity index (χ1v) is 8.18. The van der Waals surface area contributed by atoms with Crippen LogP contribution in [-0.2, 0) is 6.42 Å². The van der Waals surface area contributed by atoms with Gasteiger partial charge in [-0.1, -0.05) is 25.1 Å². The first kappa shape index (κ1) is 14.5. The first-order chi connectivity index (χ1) is 10.3. The minimum Gasteiger partial charge on any atom is -0.493 e. The highest BCUT2D eigenvalue weighted by atomic mass is 79.9. The average molecular weight is 347 g/mol. The van der Waals surface area contributed by atoms with Gasteiger partial charge in [-0.2, -0.15) is 0 Å². The van der Waals surface area contributed by atoms with Gasteiger partial charge in [-0.3, -0.25) is 4.98 Å². The zero-order valence-electron chi connectivity index (χ0n) is 12.1. The number of hydrogen-bond acceptors (Lipinski definition) is 3. The third-order valence-corrected chi connectivity index (χ3v) is 4.17. The number of nitrogens with zero attached hydrogens (tertiary/aromatic N) is 1. The molecule has 0 fully saturated rings. The summed E-state index contributed by atoms with van der Waals surface area (Å²) >= 11 is 3.45. The molecule has 1 unspecified atom stereocenters. The molecule has 1 aliphatic heterocycles. The fraction of sp³-hybridized carbons (Fsp3) is 0.353. The monoisotopic (exact) mass is 346 g/mol. The van der Waals surface area contributed by atoms with Gasteiger partial charge < -0.3 is 10.1 Å². The van der Waals surface area contributed by atoms with Crippen LogP contribution in [0.25, 0.3) is 0 Å². The topological polar surface area (TPSA) is 34.2 Å². The first-order valence-electron chi connectivity index (χ1n) is 7.39. The van der Waals surface area contributed by atoms with Crippen molar-refractivity contribution in [1.29, 1.82) is 0 Å². The van der Waals surface area contributed by atoms with Gasteiger partial charge in [0.2, 0.25) is 0 Å². The molecule has 4 heteroatoms. The summed E-state index contributed by atoms with van der Waals surface area (Å²) in [5.74, 6) is 1.04. The maximum Gasteiger partial charge on any atom is 0.127 e. The molecule has 1 aromatic heterocycles. The van der Waals surface area contributed by atoms with Gasteiger partial charge in [0, 0.05) is 22.7 Å². The highest BCUT2D eigenvalue weighted by Crippen LogP contribution is 2.35. The van der Waals surface area contributed by atoms with Crippen LogP contribution < -0.4 is 10.1 Å². The SMILES string of the molecule is CCCNC(c1ccc(Br)cn1)c1cccc2c1OCC2. The predicted molar refractivity (Wildman–Crippen MR) is 87.7 cm³/mol. The Labute approximate surface area is 133 Å². The van der Waals surface area contributed by atoms with Crippen molar-refractivity contribution in [2.45, 2.75) is 25.8 Å². The van der Waals surface area contributed by atoms with E-state index in [1.807, 2.05) is 12.3 Å². The van der Waals surface area contributed by atoms with Crippen LogP contribution in [0, 0.1) is 0 Å². The highest BCUT2D eigenvalue weighted by molar-refractivity contribution is 9.10. The number of benzene rings is 1. The van der Waals surface area contributed by atoms with Gasteiger partial charge in [-0.25, -0.2) is 0 Å². The van der Waals surface area contributed by atoms with Gasteiger partial charge in [-0.05, 0) is 46.6 Å². The lowest BCUT2D eigenvalue weighted by atomic mass is 9.99. The molecule has 21 heavy (non-hydrogen) atoms. The number of nitrogens with one attached hydrogen (secondary N) is 1. The second-order valence-electron chi connectivity index (χ2n) is 5.22. The van der Waals surface area contributed by atoms with Crippen LogP contribution in [0.15, 0.2) is 41.0 Å². The summed E-state index contributed by atoms with van der Waals surface area (Å²) in [6.45, 7) is 3.90. The minimum atomic E-state index is 0.0751. The molecular formula is C17H19BrN2O. The summed E-state index contributed by atoms with van der Waals surface area (Å²) < 4.78 is 6.85. The molecule has 1 atom stereocenters. The number of hydrogen-bond donors (Lipinski definition) is 1. The number of para-hydroxylation sites is 1. The normalized spacial score (nSPS) is 14.6. The van der Waals surface area contributed by atoms with E-state index in [1.54, 1.807) is 0 Å². The maximum atomic E-state index is 5.86. The van der Waals surface area contributed by atoms with E-state index in [0.717, 1.165) is 41.9 Å². The summed E-state index contributed by atoms with van der Waals surface area (Å²) in [4.78, 5) is 4.57. The molecule has 2 heterocycles. The molecule has 0 bridgehead atoms. The molecule has 0 amide bonds. The van der Waals surface area contributed by atoms with Crippen LogP contribution in [0.4, 0.5) is 0 Å². The van der Waals surface area contributed by atoms with Gasteiger partial charge in [0.1, 0.15) is 5.75 Å². The van der Waals surface area contributed by atoms with Gasteiger partial charge in [0.15, 0.2) is 0 Å². The van der Waals surface area contributed by atoms with Gasteiger partial charge in [-0.15, -0.1) is 0 Å². The predicted octanol–water partition coefficient (Wildman–Crippen LogP) is 3.87. The molecule has 0 spiro atoms. The lowest BCUT2D eigenvalue weighted by Crippen LogP contribution is -2.24. The molecule has 110 valence electrons.